The molecule has 2 fully saturated rings. The van der Waals surface area contributed by atoms with Crippen LogP contribution in [0.15, 0.2) is 12.4 Å². The summed E-state index contributed by atoms with van der Waals surface area (Å²) in [4.78, 5) is 15.9. The van der Waals surface area contributed by atoms with Crippen molar-refractivity contribution in [2.45, 2.75) is 0 Å². The lowest BCUT2D eigenvalue weighted by atomic mass is 10.3. The van der Waals surface area contributed by atoms with Gasteiger partial charge in [-0.1, -0.05) is 0 Å². The Balaban J connectivity index is 1.58. The van der Waals surface area contributed by atoms with Crippen LogP contribution in [0.4, 0.5) is 11.6 Å². The summed E-state index contributed by atoms with van der Waals surface area (Å²) in [5, 5.41) is 0. The van der Waals surface area contributed by atoms with Gasteiger partial charge in [-0.2, -0.15) is 0 Å². The van der Waals surface area contributed by atoms with Gasteiger partial charge >= 0.3 is 0 Å². The molecule has 3 heterocycles. The van der Waals surface area contributed by atoms with Gasteiger partial charge in [-0.25, -0.2) is 9.97 Å². The maximum Gasteiger partial charge on any atom is 0.134 e. The molecule has 0 unspecified atom stereocenters. The second-order valence-corrected chi connectivity index (χ2v) is 5.66. The Morgan fingerprint density at radius 2 is 1.64 bits per heavy atom. The number of hydrogen-bond acceptors (Lipinski definition) is 7. The van der Waals surface area contributed by atoms with E-state index in [1.165, 1.54) is 0 Å². The number of rotatable bonds is 5. The summed E-state index contributed by atoms with van der Waals surface area (Å²) < 4.78 is 10.5. The number of aromatic nitrogens is 2. The summed E-state index contributed by atoms with van der Waals surface area (Å²) in [7, 11) is 1.75. The van der Waals surface area contributed by atoms with E-state index in [1.54, 1.807) is 13.4 Å². The van der Waals surface area contributed by atoms with Gasteiger partial charge < -0.3 is 19.3 Å². The molecule has 1 aromatic heterocycles. The molecule has 2 aliphatic rings. The first-order valence-corrected chi connectivity index (χ1v) is 7.98. The minimum Gasteiger partial charge on any atom is -0.383 e. The number of morpholine rings is 1. The van der Waals surface area contributed by atoms with E-state index >= 15 is 0 Å². The molecule has 3 rings (SSSR count). The summed E-state index contributed by atoms with van der Waals surface area (Å²) in [6, 6.07) is 2.11. The molecule has 0 amide bonds. The van der Waals surface area contributed by atoms with E-state index < -0.39 is 0 Å². The smallest absolute Gasteiger partial charge is 0.134 e. The van der Waals surface area contributed by atoms with E-state index in [4.69, 9.17) is 9.47 Å². The Labute approximate surface area is 131 Å². The van der Waals surface area contributed by atoms with E-state index in [9.17, 15) is 0 Å². The van der Waals surface area contributed by atoms with Crippen molar-refractivity contribution < 1.29 is 9.47 Å². The lowest BCUT2D eigenvalue weighted by Crippen LogP contribution is -2.47. The maximum atomic E-state index is 5.40. The number of methoxy groups -OCH3 is 1. The lowest BCUT2D eigenvalue weighted by Gasteiger charge is -2.35. The average molecular weight is 307 g/mol. The molecule has 0 atom stereocenters. The second-order valence-electron chi connectivity index (χ2n) is 5.66. The van der Waals surface area contributed by atoms with Gasteiger partial charge in [-0.15, -0.1) is 0 Å². The van der Waals surface area contributed by atoms with Gasteiger partial charge in [-0.05, 0) is 0 Å². The van der Waals surface area contributed by atoms with Gasteiger partial charge in [-0.3, -0.25) is 4.90 Å². The number of nitrogens with zero attached hydrogens (tertiary/aromatic N) is 5. The van der Waals surface area contributed by atoms with Crippen LogP contribution in [0, 0.1) is 0 Å². The largest absolute Gasteiger partial charge is 0.383 e. The van der Waals surface area contributed by atoms with Crippen LogP contribution in [0.1, 0.15) is 0 Å². The topological polar surface area (TPSA) is 54.0 Å². The minimum atomic E-state index is 0.775. The highest BCUT2D eigenvalue weighted by Crippen LogP contribution is 2.19. The van der Waals surface area contributed by atoms with Gasteiger partial charge in [0.2, 0.25) is 0 Å². The predicted octanol–water partition coefficient (Wildman–Crippen LogP) is 0.0816. The molecule has 2 saturated heterocycles. The molecule has 0 spiro atoms. The van der Waals surface area contributed by atoms with Crippen molar-refractivity contribution in [1.29, 1.82) is 0 Å². The van der Waals surface area contributed by atoms with Gasteiger partial charge in [0, 0.05) is 59.0 Å². The fourth-order valence-corrected chi connectivity index (χ4v) is 2.90. The average Bonchev–Trinajstić information content (AvgIpc) is 2.61. The van der Waals surface area contributed by atoms with Crippen molar-refractivity contribution in [3.8, 4) is 0 Å². The lowest BCUT2D eigenvalue weighted by molar-refractivity contribution is 0.122. The van der Waals surface area contributed by atoms with Crippen LogP contribution >= 0.6 is 0 Å². The van der Waals surface area contributed by atoms with Crippen molar-refractivity contribution in [2.24, 2.45) is 0 Å². The van der Waals surface area contributed by atoms with Crippen molar-refractivity contribution in [3.63, 3.8) is 0 Å². The molecule has 0 aliphatic carbocycles. The van der Waals surface area contributed by atoms with Crippen LogP contribution in [0.2, 0.25) is 0 Å². The Bertz CT molecular complexity index is 459. The van der Waals surface area contributed by atoms with Gasteiger partial charge in [0.15, 0.2) is 0 Å². The third-order valence-electron chi connectivity index (χ3n) is 4.28. The van der Waals surface area contributed by atoms with Gasteiger partial charge in [0.25, 0.3) is 0 Å². The van der Waals surface area contributed by atoms with E-state index in [2.05, 4.69) is 30.7 Å². The van der Waals surface area contributed by atoms with Crippen molar-refractivity contribution >= 4 is 11.6 Å². The van der Waals surface area contributed by atoms with E-state index in [1.807, 2.05) is 0 Å². The summed E-state index contributed by atoms with van der Waals surface area (Å²) in [6.45, 7) is 9.28. The third kappa shape index (κ3) is 3.85. The van der Waals surface area contributed by atoms with Crippen molar-refractivity contribution in [3.05, 3.63) is 12.4 Å². The van der Waals surface area contributed by atoms with Crippen molar-refractivity contribution in [2.75, 3.05) is 82.5 Å². The molecular formula is C15H25N5O2. The first kappa shape index (κ1) is 15.5. The zero-order valence-corrected chi connectivity index (χ0v) is 13.3. The number of hydrogen-bond donors (Lipinski definition) is 0. The Hall–Kier alpha value is -1.44. The van der Waals surface area contributed by atoms with Crippen LogP contribution in [0.25, 0.3) is 0 Å². The molecule has 122 valence electrons. The Morgan fingerprint density at radius 3 is 2.27 bits per heavy atom. The molecule has 1 aromatic rings. The predicted molar refractivity (Wildman–Crippen MR) is 85.6 cm³/mol. The Kier molecular flexibility index (Phi) is 5.42. The van der Waals surface area contributed by atoms with E-state index in [0.29, 0.717) is 0 Å². The molecule has 7 heteroatoms. The zero-order chi connectivity index (χ0) is 15.2. The fourth-order valence-electron chi connectivity index (χ4n) is 2.90. The van der Waals surface area contributed by atoms with Crippen LogP contribution in [0.3, 0.4) is 0 Å². The molecular weight excluding hydrogens is 282 g/mol. The monoisotopic (exact) mass is 307 g/mol. The highest BCUT2D eigenvalue weighted by atomic mass is 16.5. The number of piperazine rings is 1. The van der Waals surface area contributed by atoms with Crippen LogP contribution in [-0.2, 0) is 9.47 Å². The summed E-state index contributed by atoms with van der Waals surface area (Å²) in [5.41, 5.74) is 0. The number of ether oxygens (including phenoxy) is 2. The van der Waals surface area contributed by atoms with Crippen LogP contribution in [-0.4, -0.2) is 87.6 Å². The molecule has 7 nitrogen and oxygen atoms in total. The normalized spacial score (nSPS) is 20.4. The molecule has 22 heavy (non-hydrogen) atoms. The zero-order valence-electron chi connectivity index (χ0n) is 13.3. The number of anilines is 2. The minimum absolute atomic E-state index is 0.775. The summed E-state index contributed by atoms with van der Waals surface area (Å²) in [6.07, 6.45) is 1.68. The molecule has 0 radical (unpaired) electrons. The first-order chi connectivity index (χ1) is 10.9. The Morgan fingerprint density at radius 1 is 1.00 bits per heavy atom. The molecule has 2 aliphatic heterocycles. The van der Waals surface area contributed by atoms with E-state index in [0.717, 1.165) is 77.3 Å². The van der Waals surface area contributed by atoms with Gasteiger partial charge in [0.05, 0.1) is 19.8 Å². The van der Waals surface area contributed by atoms with Crippen LogP contribution in [0.5, 0.6) is 0 Å². The highest BCUT2D eigenvalue weighted by molar-refractivity contribution is 5.50. The fraction of sp³-hybridized carbons (Fsp3) is 0.733. The molecule has 0 N–H and O–H groups in total. The van der Waals surface area contributed by atoms with Crippen LogP contribution < -0.4 is 9.80 Å². The summed E-state index contributed by atoms with van der Waals surface area (Å²) >= 11 is 0. The highest BCUT2D eigenvalue weighted by Gasteiger charge is 2.19. The molecule has 0 aromatic carbocycles. The summed E-state index contributed by atoms with van der Waals surface area (Å²) in [5.74, 6) is 2.04. The first-order valence-electron chi connectivity index (χ1n) is 7.98. The maximum absolute atomic E-state index is 5.40. The quantitative estimate of drug-likeness (QED) is 0.763. The molecule has 0 bridgehead atoms. The molecule has 0 saturated carbocycles. The SMILES string of the molecule is COCCN1CCN(c2cc(N3CCOCC3)ncn2)CC1. The standard InChI is InChI=1S/C15H25N5O2/c1-21-9-6-18-2-4-19(5-3-18)14-12-15(17-13-16-14)20-7-10-22-11-8-20/h12-13H,2-11H2,1H3. The second kappa shape index (κ2) is 7.71. The third-order valence-corrected chi connectivity index (χ3v) is 4.28. The van der Waals surface area contributed by atoms with Crippen molar-refractivity contribution in [1.82, 2.24) is 14.9 Å². The van der Waals surface area contributed by atoms with Gasteiger partial charge in [0.1, 0.15) is 18.0 Å². The van der Waals surface area contributed by atoms with E-state index in [-0.39, 0.29) is 0 Å².